The van der Waals surface area contributed by atoms with Gasteiger partial charge in [0.1, 0.15) is 18.4 Å². The molecule has 0 unspecified atom stereocenters. The van der Waals surface area contributed by atoms with E-state index >= 15 is 0 Å². The maximum Gasteiger partial charge on any atom is 0.244 e. The topological polar surface area (TPSA) is 67.7 Å². The molecular weight excluding hydrogens is 368 g/mol. The number of nitrogens with zero attached hydrogens (tertiary/aromatic N) is 4. The lowest BCUT2D eigenvalue weighted by Gasteiger charge is -2.37. The maximum absolute atomic E-state index is 12.8. The monoisotopic (exact) mass is 392 g/mol. The van der Waals surface area contributed by atoms with Crippen LogP contribution in [-0.4, -0.2) is 53.4 Å². The molecule has 4 rings (SSSR count). The number of carbonyl (C=O) groups excluding carboxylic acids is 1. The van der Waals surface area contributed by atoms with Crippen LogP contribution in [0.15, 0.2) is 59.5 Å². The van der Waals surface area contributed by atoms with E-state index in [-0.39, 0.29) is 24.0 Å². The summed E-state index contributed by atoms with van der Waals surface area (Å²) in [4.78, 5) is 28.7. The van der Waals surface area contributed by atoms with Crippen molar-refractivity contribution in [2.75, 3.05) is 31.6 Å². The van der Waals surface area contributed by atoms with Crippen molar-refractivity contribution in [3.05, 3.63) is 65.0 Å². The Balaban J connectivity index is 1.47. The number of carbonyl (C=O) groups is 1. The minimum atomic E-state index is -0.147. The molecular formula is C22H24N4O3. The molecule has 0 bridgehead atoms. The number of amides is 1. The Morgan fingerprint density at radius 1 is 1.21 bits per heavy atom. The second-order valence-electron chi connectivity index (χ2n) is 7.20. The zero-order valence-electron chi connectivity index (χ0n) is 16.6. The molecule has 1 aliphatic rings. The molecule has 0 fully saturated rings. The fourth-order valence-corrected chi connectivity index (χ4v) is 3.72. The number of aromatic nitrogens is 2. The molecule has 0 radical (unpaired) electrons. The first kappa shape index (κ1) is 19.0. The van der Waals surface area contributed by atoms with Gasteiger partial charge in [0.15, 0.2) is 0 Å². The standard InChI is InChI=1S/C22H24N4O3/c1-3-25-14-16(29-21-11-7-6-10-19(21)25)13-24(2)22(28)15-26-18-9-5-4-8-17(18)20(27)12-23-26/h4-12,16H,3,13-15H2,1-2H3/t16-/m0/s1. The molecule has 7 nitrogen and oxygen atoms in total. The van der Waals surface area contributed by atoms with Gasteiger partial charge in [-0.1, -0.05) is 24.3 Å². The highest BCUT2D eigenvalue weighted by molar-refractivity contribution is 5.81. The summed E-state index contributed by atoms with van der Waals surface area (Å²) < 4.78 is 7.70. The molecule has 150 valence electrons. The van der Waals surface area contributed by atoms with Gasteiger partial charge in [0.25, 0.3) is 0 Å². The summed E-state index contributed by atoms with van der Waals surface area (Å²) in [6.45, 7) is 4.26. The lowest BCUT2D eigenvalue weighted by molar-refractivity contribution is -0.131. The Kier molecular flexibility index (Phi) is 5.20. The third-order valence-corrected chi connectivity index (χ3v) is 5.26. The summed E-state index contributed by atoms with van der Waals surface area (Å²) in [6, 6.07) is 15.2. The lowest BCUT2D eigenvalue weighted by Crippen LogP contribution is -2.47. The van der Waals surface area contributed by atoms with E-state index in [1.54, 1.807) is 34.8 Å². The number of benzene rings is 2. The zero-order valence-corrected chi connectivity index (χ0v) is 16.6. The molecule has 2 heterocycles. The van der Waals surface area contributed by atoms with Crippen LogP contribution in [0.25, 0.3) is 10.9 Å². The van der Waals surface area contributed by atoms with Crippen LogP contribution in [0, 0.1) is 0 Å². The van der Waals surface area contributed by atoms with Crippen LogP contribution in [0.3, 0.4) is 0 Å². The van der Waals surface area contributed by atoms with Crippen molar-refractivity contribution in [1.82, 2.24) is 14.7 Å². The quantitative estimate of drug-likeness (QED) is 0.666. The van der Waals surface area contributed by atoms with Gasteiger partial charge in [-0.05, 0) is 31.2 Å². The van der Waals surface area contributed by atoms with Crippen LogP contribution in [0.1, 0.15) is 6.92 Å². The van der Waals surface area contributed by atoms with Gasteiger partial charge in [-0.2, -0.15) is 5.10 Å². The molecule has 29 heavy (non-hydrogen) atoms. The molecule has 7 heteroatoms. The van der Waals surface area contributed by atoms with Crippen molar-refractivity contribution in [3.8, 4) is 5.75 Å². The van der Waals surface area contributed by atoms with Crippen LogP contribution >= 0.6 is 0 Å². The van der Waals surface area contributed by atoms with Crippen molar-refractivity contribution in [3.63, 3.8) is 0 Å². The molecule has 1 atom stereocenters. The third kappa shape index (κ3) is 3.81. The molecule has 0 aliphatic carbocycles. The van der Waals surface area contributed by atoms with Crippen molar-refractivity contribution < 1.29 is 9.53 Å². The maximum atomic E-state index is 12.8. The van der Waals surface area contributed by atoms with E-state index < -0.39 is 0 Å². The van der Waals surface area contributed by atoms with Crippen LogP contribution in [0.5, 0.6) is 5.75 Å². The highest BCUT2D eigenvalue weighted by Gasteiger charge is 2.26. The first-order valence-electron chi connectivity index (χ1n) is 9.76. The molecule has 3 aromatic rings. The molecule has 1 aromatic heterocycles. The Hall–Kier alpha value is -3.35. The highest BCUT2D eigenvalue weighted by atomic mass is 16.5. The number of ether oxygens (including phenoxy) is 1. The number of anilines is 1. The minimum Gasteiger partial charge on any atom is -0.485 e. The molecule has 0 saturated heterocycles. The average Bonchev–Trinajstić information content (AvgIpc) is 2.75. The van der Waals surface area contributed by atoms with Crippen molar-refractivity contribution in [1.29, 1.82) is 0 Å². The van der Waals surface area contributed by atoms with Crippen LogP contribution in [0.4, 0.5) is 5.69 Å². The van der Waals surface area contributed by atoms with Gasteiger partial charge in [-0.25, -0.2) is 0 Å². The smallest absolute Gasteiger partial charge is 0.244 e. The summed E-state index contributed by atoms with van der Waals surface area (Å²) in [5.41, 5.74) is 1.59. The predicted octanol–water partition coefficient (Wildman–Crippen LogP) is 2.14. The summed E-state index contributed by atoms with van der Waals surface area (Å²) in [5, 5.41) is 4.71. The summed E-state index contributed by atoms with van der Waals surface area (Å²) in [6.07, 6.45) is 1.15. The average molecular weight is 392 g/mol. The molecule has 1 amide bonds. The van der Waals surface area contributed by atoms with Crippen molar-refractivity contribution in [2.24, 2.45) is 0 Å². The molecule has 0 N–H and O–H groups in total. The normalized spacial score (nSPS) is 15.7. The highest BCUT2D eigenvalue weighted by Crippen LogP contribution is 2.32. The minimum absolute atomic E-state index is 0.0676. The lowest BCUT2D eigenvalue weighted by atomic mass is 10.2. The number of likely N-dealkylation sites (N-methyl/N-ethyl adjacent to an activating group) is 2. The number of rotatable bonds is 5. The number of para-hydroxylation sites is 3. The molecule has 0 spiro atoms. The molecule has 1 aliphatic heterocycles. The van der Waals surface area contributed by atoms with E-state index in [9.17, 15) is 9.59 Å². The summed E-state index contributed by atoms with van der Waals surface area (Å²) in [5.74, 6) is 0.760. The SMILES string of the molecule is CCN1C[C@H](CN(C)C(=O)Cn2ncc(=O)c3ccccc32)Oc2ccccc21. The fourth-order valence-electron chi connectivity index (χ4n) is 3.72. The van der Waals surface area contributed by atoms with E-state index in [1.807, 2.05) is 24.3 Å². The van der Waals surface area contributed by atoms with Crippen molar-refractivity contribution in [2.45, 2.75) is 19.6 Å². The third-order valence-electron chi connectivity index (χ3n) is 5.26. The summed E-state index contributed by atoms with van der Waals surface area (Å²) >= 11 is 0. The van der Waals surface area contributed by atoms with Gasteiger partial charge < -0.3 is 14.5 Å². The molecule has 0 saturated carbocycles. The Morgan fingerprint density at radius 2 is 1.97 bits per heavy atom. The Labute approximate surface area is 169 Å². The number of fused-ring (bicyclic) bond motifs is 2. The second-order valence-corrected chi connectivity index (χ2v) is 7.20. The van der Waals surface area contributed by atoms with Gasteiger partial charge >= 0.3 is 0 Å². The Bertz CT molecular complexity index is 1090. The van der Waals surface area contributed by atoms with E-state index in [0.29, 0.717) is 17.4 Å². The second kappa shape index (κ2) is 7.95. The van der Waals surface area contributed by atoms with E-state index in [2.05, 4.69) is 23.0 Å². The first-order chi connectivity index (χ1) is 14.1. The number of hydrogen-bond acceptors (Lipinski definition) is 5. The zero-order chi connectivity index (χ0) is 20.4. The first-order valence-corrected chi connectivity index (χ1v) is 9.76. The van der Waals surface area contributed by atoms with Crippen LogP contribution in [-0.2, 0) is 11.3 Å². The fraction of sp³-hybridized carbons (Fsp3) is 0.318. The van der Waals surface area contributed by atoms with Gasteiger partial charge in [-0.15, -0.1) is 0 Å². The summed E-state index contributed by atoms with van der Waals surface area (Å²) in [7, 11) is 1.77. The van der Waals surface area contributed by atoms with Crippen LogP contribution < -0.4 is 15.1 Å². The van der Waals surface area contributed by atoms with Gasteiger partial charge in [0.2, 0.25) is 11.3 Å². The van der Waals surface area contributed by atoms with Gasteiger partial charge in [0.05, 0.1) is 30.5 Å². The van der Waals surface area contributed by atoms with Gasteiger partial charge in [-0.3, -0.25) is 14.3 Å². The predicted molar refractivity (Wildman–Crippen MR) is 112 cm³/mol. The van der Waals surface area contributed by atoms with Crippen LogP contribution in [0.2, 0.25) is 0 Å². The largest absolute Gasteiger partial charge is 0.485 e. The van der Waals surface area contributed by atoms with E-state index in [0.717, 1.165) is 24.5 Å². The van der Waals surface area contributed by atoms with E-state index in [1.165, 1.54) is 6.20 Å². The molecule has 2 aromatic carbocycles. The van der Waals surface area contributed by atoms with E-state index in [4.69, 9.17) is 4.74 Å². The number of hydrogen-bond donors (Lipinski definition) is 0. The Morgan fingerprint density at radius 3 is 2.79 bits per heavy atom. The van der Waals surface area contributed by atoms with Gasteiger partial charge in [0, 0.05) is 19.0 Å². The van der Waals surface area contributed by atoms with Crippen molar-refractivity contribution >= 4 is 22.5 Å².